The van der Waals surface area contributed by atoms with Crippen LogP contribution in [0.4, 0.5) is 19.3 Å². The summed E-state index contributed by atoms with van der Waals surface area (Å²) < 4.78 is 32.8. The molecule has 0 aliphatic carbocycles. The molecule has 0 fully saturated rings. The number of aryl methyl sites for hydroxylation is 1. The van der Waals surface area contributed by atoms with E-state index in [0.717, 1.165) is 29.0 Å². The first-order chi connectivity index (χ1) is 17.8. The fraction of sp³-hybridized carbons (Fsp3) is 0.250. The van der Waals surface area contributed by atoms with E-state index in [1.54, 1.807) is 31.2 Å². The Morgan fingerprint density at radius 1 is 1.08 bits per heavy atom. The van der Waals surface area contributed by atoms with Crippen molar-refractivity contribution in [3.05, 3.63) is 101 Å². The van der Waals surface area contributed by atoms with Crippen LogP contribution < -0.4 is 5.32 Å². The minimum absolute atomic E-state index is 0.113. The number of carbonyl (C=O) groups excluding carboxylic acids is 2. The number of esters is 1. The highest BCUT2D eigenvalue weighted by molar-refractivity contribution is 6.01. The van der Waals surface area contributed by atoms with Gasteiger partial charge >= 0.3 is 12.0 Å². The van der Waals surface area contributed by atoms with Gasteiger partial charge in [0.1, 0.15) is 11.6 Å². The molecule has 1 aliphatic heterocycles. The Bertz CT molecular complexity index is 1290. The minimum Gasteiger partial charge on any atom is -0.462 e. The van der Waals surface area contributed by atoms with E-state index in [1.165, 1.54) is 11.0 Å². The molecule has 1 aliphatic rings. The van der Waals surface area contributed by atoms with Crippen LogP contribution in [0.5, 0.6) is 0 Å². The van der Waals surface area contributed by atoms with Gasteiger partial charge in [0, 0.05) is 23.7 Å². The maximum absolute atomic E-state index is 14.4. The number of hydrogen-bond donors (Lipinski definition) is 1. The fourth-order valence-corrected chi connectivity index (χ4v) is 3.87. The molecule has 3 aromatic rings. The Labute approximate surface area is 213 Å². The molecule has 0 saturated heterocycles. The number of nitrogens with one attached hydrogen (secondary N) is 1. The lowest BCUT2D eigenvalue weighted by atomic mass is 10.0. The second kappa shape index (κ2) is 11.6. The van der Waals surface area contributed by atoms with Gasteiger partial charge in [0.25, 0.3) is 0 Å². The average Bonchev–Trinajstić information content (AvgIpc) is 3.34. The van der Waals surface area contributed by atoms with Crippen molar-refractivity contribution in [3.63, 3.8) is 0 Å². The zero-order chi connectivity index (χ0) is 26.4. The molecule has 7 nitrogen and oxygen atoms in total. The minimum atomic E-state index is -0.750. The Morgan fingerprint density at radius 2 is 1.81 bits per heavy atom. The molecule has 0 saturated carbocycles. The molecule has 1 unspecified atom stereocenters. The normalized spacial score (nSPS) is 14.5. The van der Waals surface area contributed by atoms with Crippen LogP contribution in [0, 0.1) is 18.6 Å². The highest BCUT2D eigenvalue weighted by Gasteiger charge is 2.27. The van der Waals surface area contributed by atoms with Crippen LogP contribution in [0.1, 0.15) is 40.4 Å². The van der Waals surface area contributed by atoms with E-state index in [0.29, 0.717) is 17.7 Å². The summed E-state index contributed by atoms with van der Waals surface area (Å²) in [6, 6.07) is 16.8. The van der Waals surface area contributed by atoms with Gasteiger partial charge in [-0.05, 0) is 49.7 Å². The van der Waals surface area contributed by atoms with Crippen molar-refractivity contribution < 1.29 is 27.9 Å². The van der Waals surface area contributed by atoms with Gasteiger partial charge in [-0.1, -0.05) is 41.1 Å². The van der Waals surface area contributed by atoms with Gasteiger partial charge in [-0.15, -0.1) is 0 Å². The number of ether oxygens (including phenoxy) is 1. The molecule has 2 amide bonds. The third-order valence-corrected chi connectivity index (χ3v) is 5.85. The first-order valence-electron chi connectivity index (χ1n) is 11.9. The molecule has 0 radical (unpaired) electrons. The van der Waals surface area contributed by atoms with Crippen LogP contribution in [0.15, 0.2) is 71.9 Å². The Kier molecular flexibility index (Phi) is 8.12. The van der Waals surface area contributed by atoms with Gasteiger partial charge in [0.05, 0.1) is 31.0 Å². The number of hydrogen-bond acceptors (Lipinski definition) is 5. The van der Waals surface area contributed by atoms with Crippen molar-refractivity contribution in [1.29, 1.82) is 0 Å². The van der Waals surface area contributed by atoms with Crippen molar-refractivity contribution in [1.82, 2.24) is 4.90 Å². The lowest BCUT2D eigenvalue weighted by Crippen LogP contribution is -2.40. The molecule has 0 aromatic heterocycles. The van der Waals surface area contributed by atoms with Crippen LogP contribution in [-0.2, 0) is 16.1 Å². The van der Waals surface area contributed by atoms with Crippen LogP contribution in [0.3, 0.4) is 0 Å². The third kappa shape index (κ3) is 6.69. The number of amides is 2. The smallest absolute Gasteiger partial charge is 0.338 e. The molecule has 4 rings (SSSR count). The summed E-state index contributed by atoms with van der Waals surface area (Å²) in [5, 5.41) is 6.94. The van der Waals surface area contributed by atoms with Crippen LogP contribution in [0.25, 0.3) is 0 Å². The van der Waals surface area contributed by atoms with Crippen molar-refractivity contribution in [3.8, 4) is 0 Å². The lowest BCUT2D eigenvalue weighted by molar-refractivity contribution is 0.0526. The number of rotatable bonds is 8. The third-order valence-electron chi connectivity index (χ3n) is 5.85. The van der Waals surface area contributed by atoms with E-state index in [1.807, 2.05) is 31.2 Å². The Balaban J connectivity index is 1.47. The molecule has 0 spiro atoms. The molecule has 0 bridgehead atoms. The van der Waals surface area contributed by atoms with E-state index in [-0.39, 0.29) is 25.3 Å². The standard InChI is InChI=1S/C28H27F2N3O4/c1-3-36-27(34)20-9-12-23(13-10-20)31-28(35)33(16-21-8-11-22(29)14-25(21)30)17-24-15-26(32-37-24)19-6-4-18(2)5-7-19/h4-14,24H,3,15-17H2,1-2H3,(H,31,35). The van der Waals surface area contributed by atoms with Gasteiger partial charge in [0.2, 0.25) is 0 Å². The first-order valence-corrected chi connectivity index (χ1v) is 11.9. The highest BCUT2D eigenvalue weighted by Crippen LogP contribution is 2.21. The van der Waals surface area contributed by atoms with Gasteiger partial charge in [-0.2, -0.15) is 0 Å². The molecule has 9 heteroatoms. The predicted octanol–water partition coefficient (Wildman–Crippen LogP) is 5.68. The van der Waals surface area contributed by atoms with Crippen LogP contribution >= 0.6 is 0 Å². The quantitative estimate of drug-likeness (QED) is 0.398. The molecule has 192 valence electrons. The summed E-state index contributed by atoms with van der Waals surface area (Å²) in [4.78, 5) is 32.1. The SMILES string of the molecule is CCOC(=O)c1ccc(NC(=O)N(Cc2ccc(F)cc2F)CC2CC(c3ccc(C)cc3)=NO2)cc1. The molecular formula is C28H27F2N3O4. The summed E-state index contributed by atoms with van der Waals surface area (Å²) in [7, 11) is 0. The van der Waals surface area contributed by atoms with E-state index >= 15 is 0 Å². The van der Waals surface area contributed by atoms with Crippen LogP contribution in [-0.4, -0.2) is 41.9 Å². The number of carbonyl (C=O) groups is 2. The summed E-state index contributed by atoms with van der Waals surface area (Å²) in [5.41, 5.74) is 3.76. The summed E-state index contributed by atoms with van der Waals surface area (Å²) in [6.07, 6.45) is 0.0178. The summed E-state index contributed by atoms with van der Waals surface area (Å²) >= 11 is 0. The van der Waals surface area contributed by atoms with Crippen molar-refractivity contribution >= 4 is 23.4 Å². The second-order valence-corrected chi connectivity index (χ2v) is 8.68. The maximum Gasteiger partial charge on any atom is 0.338 e. The van der Waals surface area contributed by atoms with E-state index in [2.05, 4.69) is 10.5 Å². The Morgan fingerprint density at radius 3 is 2.49 bits per heavy atom. The molecule has 1 atom stereocenters. The molecule has 1 heterocycles. The highest BCUT2D eigenvalue weighted by atomic mass is 19.1. The zero-order valence-corrected chi connectivity index (χ0v) is 20.5. The summed E-state index contributed by atoms with van der Waals surface area (Å²) in [5.74, 6) is -1.91. The molecule has 1 N–H and O–H groups in total. The number of nitrogens with zero attached hydrogens (tertiary/aromatic N) is 2. The topological polar surface area (TPSA) is 80.2 Å². The zero-order valence-electron chi connectivity index (χ0n) is 20.5. The van der Waals surface area contributed by atoms with Crippen molar-refractivity contribution in [2.45, 2.75) is 32.9 Å². The average molecular weight is 508 g/mol. The van der Waals surface area contributed by atoms with Gasteiger partial charge < -0.3 is 19.8 Å². The molecule has 3 aromatic carbocycles. The van der Waals surface area contributed by atoms with Gasteiger partial charge in [-0.25, -0.2) is 18.4 Å². The lowest BCUT2D eigenvalue weighted by Gasteiger charge is -2.25. The summed E-state index contributed by atoms with van der Waals surface area (Å²) in [6.45, 7) is 3.97. The Hall–Kier alpha value is -4.27. The number of anilines is 1. The fourth-order valence-electron chi connectivity index (χ4n) is 3.87. The first kappa shape index (κ1) is 25.8. The van der Waals surface area contributed by atoms with Crippen molar-refractivity contribution in [2.24, 2.45) is 5.16 Å². The van der Waals surface area contributed by atoms with E-state index in [9.17, 15) is 18.4 Å². The van der Waals surface area contributed by atoms with Gasteiger partial charge in [-0.3, -0.25) is 0 Å². The maximum atomic E-state index is 14.4. The predicted molar refractivity (Wildman–Crippen MR) is 135 cm³/mol. The number of halogens is 2. The largest absolute Gasteiger partial charge is 0.462 e. The molecule has 37 heavy (non-hydrogen) atoms. The monoisotopic (exact) mass is 507 g/mol. The number of urea groups is 1. The van der Waals surface area contributed by atoms with Gasteiger partial charge in [0.15, 0.2) is 6.10 Å². The number of oxime groups is 1. The number of benzene rings is 3. The van der Waals surface area contributed by atoms with E-state index in [4.69, 9.17) is 9.57 Å². The second-order valence-electron chi connectivity index (χ2n) is 8.68. The van der Waals surface area contributed by atoms with Crippen LogP contribution in [0.2, 0.25) is 0 Å². The van der Waals surface area contributed by atoms with E-state index < -0.39 is 29.7 Å². The molecular weight excluding hydrogens is 480 g/mol. The van der Waals surface area contributed by atoms with Crippen molar-refractivity contribution in [2.75, 3.05) is 18.5 Å².